The predicted octanol–water partition coefficient (Wildman–Crippen LogP) is 1.44. The Labute approximate surface area is 94.2 Å². The van der Waals surface area contributed by atoms with Crippen LogP contribution in [0.4, 0.5) is 5.82 Å². The summed E-state index contributed by atoms with van der Waals surface area (Å²) in [6, 6.07) is 0. The zero-order valence-corrected chi connectivity index (χ0v) is 9.66. The van der Waals surface area contributed by atoms with Gasteiger partial charge >= 0.3 is 0 Å². The summed E-state index contributed by atoms with van der Waals surface area (Å²) in [6.45, 7) is 3.79. The maximum atomic E-state index is 5.70. The van der Waals surface area contributed by atoms with E-state index in [1.807, 2.05) is 0 Å². The molecule has 0 bridgehead atoms. The number of aromatic nitrogens is 2. The molecule has 1 fully saturated rings. The van der Waals surface area contributed by atoms with Crippen LogP contribution >= 0.6 is 11.6 Å². The Morgan fingerprint density at radius 1 is 1.53 bits per heavy atom. The maximum absolute atomic E-state index is 5.70. The Balaban J connectivity index is 2.06. The van der Waals surface area contributed by atoms with Gasteiger partial charge in [-0.3, -0.25) is 4.98 Å². The molecule has 1 saturated heterocycles. The van der Waals surface area contributed by atoms with E-state index in [2.05, 4.69) is 21.8 Å². The minimum absolute atomic E-state index is 0.0430. The van der Waals surface area contributed by atoms with Crippen LogP contribution in [0.5, 0.6) is 0 Å². The van der Waals surface area contributed by atoms with E-state index in [0.717, 1.165) is 24.6 Å². The van der Waals surface area contributed by atoms with Crippen molar-refractivity contribution >= 4 is 17.4 Å². The van der Waals surface area contributed by atoms with E-state index in [0.29, 0.717) is 5.88 Å². The SMILES string of the molecule is COC1(C)CN(c2cncc(CCl)n2)C1. The molecule has 0 saturated carbocycles. The number of ether oxygens (including phenoxy) is 1. The fourth-order valence-electron chi connectivity index (χ4n) is 1.66. The molecule has 0 spiro atoms. The van der Waals surface area contributed by atoms with E-state index in [1.54, 1.807) is 19.5 Å². The van der Waals surface area contributed by atoms with E-state index in [9.17, 15) is 0 Å². The summed E-state index contributed by atoms with van der Waals surface area (Å²) in [4.78, 5) is 10.6. The summed E-state index contributed by atoms with van der Waals surface area (Å²) in [5.74, 6) is 1.28. The second-order valence-electron chi connectivity index (χ2n) is 4.01. The fourth-order valence-corrected chi connectivity index (χ4v) is 1.79. The molecule has 0 aromatic carbocycles. The van der Waals surface area contributed by atoms with Crippen molar-refractivity contribution in [1.82, 2.24) is 9.97 Å². The van der Waals surface area contributed by atoms with Crippen molar-refractivity contribution in [3.8, 4) is 0 Å². The first-order chi connectivity index (χ1) is 7.17. The number of nitrogens with zero attached hydrogens (tertiary/aromatic N) is 3. The molecule has 0 N–H and O–H groups in total. The van der Waals surface area contributed by atoms with Crippen LogP contribution in [0.2, 0.25) is 0 Å². The molecular weight excluding hydrogens is 214 g/mol. The normalized spacial score (nSPS) is 18.7. The highest BCUT2D eigenvalue weighted by atomic mass is 35.5. The highest BCUT2D eigenvalue weighted by Gasteiger charge is 2.39. The topological polar surface area (TPSA) is 38.2 Å². The lowest BCUT2D eigenvalue weighted by Gasteiger charge is -2.47. The number of alkyl halides is 1. The zero-order chi connectivity index (χ0) is 10.9. The summed E-state index contributed by atoms with van der Waals surface area (Å²) in [7, 11) is 1.73. The van der Waals surface area contributed by atoms with Crippen molar-refractivity contribution in [1.29, 1.82) is 0 Å². The smallest absolute Gasteiger partial charge is 0.147 e. The van der Waals surface area contributed by atoms with Gasteiger partial charge in [-0.05, 0) is 6.92 Å². The van der Waals surface area contributed by atoms with Crippen LogP contribution in [0, 0.1) is 0 Å². The molecule has 0 aliphatic carbocycles. The van der Waals surface area contributed by atoms with Crippen LogP contribution in [0.3, 0.4) is 0 Å². The molecule has 0 radical (unpaired) electrons. The van der Waals surface area contributed by atoms with Gasteiger partial charge in [0.25, 0.3) is 0 Å². The maximum Gasteiger partial charge on any atom is 0.147 e. The van der Waals surface area contributed by atoms with Gasteiger partial charge in [0.05, 0.1) is 36.5 Å². The Morgan fingerprint density at radius 3 is 2.87 bits per heavy atom. The lowest BCUT2D eigenvalue weighted by atomic mass is 9.97. The summed E-state index contributed by atoms with van der Waals surface area (Å²) in [6.07, 6.45) is 3.44. The van der Waals surface area contributed by atoms with Gasteiger partial charge in [0.2, 0.25) is 0 Å². The van der Waals surface area contributed by atoms with Gasteiger partial charge in [0.15, 0.2) is 0 Å². The molecule has 4 nitrogen and oxygen atoms in total. The standard InChI is InChI=1S/C10H14ClN3O/c1-10(15-2)6-14(7-10)9-5-12-4-8(3-11)13-9/h4-5H,3,6-7H2,1-2H3. The second-order valence-corrected chi connectivity index (χ2v) is 4.28. The molecule has 1 aliphatic heterocycles. The Bertz CT molecular complexity index is 352. The first-order valence-electron chi connectivity index (χ1n) is 4.84. The molecule has 1 aromatic rings. The zero-order valence-electron chi connectivity index (χ0n) is 8.90. The van der Waals surface area contributed by atoms with Crippen LogP contribution in [0.1, 0.15) is 12.6 Å². The van der Waals surface area contributed by atoms with E-state index >= 15 is 0 Å². The van der Waals surface area contributed by atoms with Crippen LogP contribution in [0.15, 0.2) is 12.4 Å². The lowest BCUT2D eigenvalue weighted by molar-refractivity contribution is -0.0171. The third kappa shape index (κ3) is 2.06. The monoisotopic (exact) mass is 227 g/mol. The van der Waals surface area contributed by atoms with Crippen LogP contribution in [0.25, 0.3) is 0 Å². The fraction of sp³-hybridized carbons (Fsp3) is 0.600. The molecule has 15 heavy (non-hydrogen) atoms. The predicted molar refractivity (Wildman–Crippen MR) is 59.2 cm³/mol. The number of anilines is 1. The number of hydrogen-bond acceptors (Lipinski definition) is 4. The van der Waals surface area contributed by atoms with Gasteiger partial charge < -0.3 is 9.64 Å². The molecule has 1 aromatic heterocycles. The molecule has 0 amide bonds. The van der Waals surface area contributed by atoms with Crippen molar-refractivity contribution in [2.24, 2.45) is 0 Å². The van der Waals surface area contributed by atoms with Crippen LogP contribution in [-0.4, -0.2) is 35.8 Å². The van der Waals surface area contributed by atoms with Gasteiger partial charge in [-0.2, -0.15) is 0 Å². The minimum atomic E-state index is -0.0430. The summed E-state index contributed by atoms with van der Waals surface area (Å²) < 4.78 is 5.37. The summed E-state index contributed by atoms with van der Waals surface area (Å²) in [5.41, 5.74) is 0.763. The van der Waals surface area contributed by atoms with Crippen LogP contribution < -0.4 is 4.90 Å². The van der Waals surface area contributed by atoms with Gasteiger partial charge in [-0.15, -0.1) is 11.6 Å². The highest BCUT2D eigenvalue weighted by Crippen LogP contribution is 2.27. The Hall–Kier alpha value is -0.870. The molecule has 1 aliphatic rings. The Morgan fingerprint density at radius 2 is 2.27 bits per heavy atom. The third-order valence-electron chi connectivity index (χ3n) is 2.68. The van der Waals surface area contributed by atoms with Crippen molar-refractivity contribution < 1.29 is 4.74 Å². The van der Waals surface area contributed by atoms with Crippen molar-refractivity contribution in [3.05, 3.63) is 18.1 Å². The summed E-state index contributed by atoms with van der Waals surface area (Å²) in [5, 5.41) is 0. The number of halogens is 1. The largest absolute Gasteiger partial charge is 0.375 e. The highest BCUT2D eigenvalue weighted by molar-refractivity contribution is 6.16. The van der Waals surface area contributed by atoms with Gasteiger partial charge in [-0.1, -0.05) is 0 Å². The molecule has 2 heterocycles. The molecule has 82 valence electrons. The van der Waals surface area contributed by atoms with Crippen LogP contribution in [-0.2, 0) is 10.6 Å². The van der Waals surface area contributed by atoms with Gasteiger partial charge in [0, 0.05) is 13.3 Å². The molecular formula is C10H14ClN3O. The number of hydrogen-bond donors (Lipinski definition) is 0. The average Bonchev–Trinajstić information content (AvgIpc) is 2.25. The lowest BCUT2D eigenvalue weighted by Crippen LogP contribution is -2.61. The molecule has 0 unspecified atom stereocenters. The first-order valence-corrected chi connectivity index (χ1v) is 5.37. The molecule has 2 rings (SSSR count). The number of rotatable bonds is 3. The van der Waals surface area contributed by atoms with E-state index < -0.39 is 0 Å². The molecule has 5 heteroatoms. The van der Waals surface area contributed by atoms with E-state index in [-0.39, 0.29) is 5.60 Å². The van der Waals surface area contributed by atoms with Crippen molar-refractivity contribution in [2.45, 2.75) is 18.4 Å². The van der Waals surface area contributed by atoms with Crippen molar-refractivity contribution in [2.75, 3.05) is 25.1 Å². The summed E-state index contributed by atoms with van der Waals surface area (Å²) >= 11 is 5.70. The Kier molecular flexibility index (Phi) is 2.80. The number of methoxy groups -OCH3 is 1. The van der Waals surface area contributed by atoms with E-state index in [4.69, 9.17) is 16.3 Å². The quantitative estimate of drug-likeness (QED) is 0.733. The van der Waals surface area contributed by atoms with Gasteiger partial charge in [-0.25, -0.2) is 4.98 Å². The minimum Gasteiger partial charge on any atom is -0.375 e. The van der Waals surface area contributed by atoms with Gasteiger partial charge in [0.1, 0.15) is 5.82 Å². The third-order valence-corrected chi connectivity index (χ3v) is 2.95. The molecule has 0 atom stereocenters. The average molecular weight is 228 g/mol. The van der Waals surface area contributed by atoms with E-state index in [1.165, 1.54) is 0 Å². The first kappa shape index (κ1) is 10.6. The van der Waals surface area contributed by atoms with Crippen molar-refractivity contribution in [3.63, 3.8) is 0 Å². The second kappa shape index (κ2) is 3.94.